The van der Waals surface area contributed by atoms with Crippen LogP contribution >= 0.6 is 15.9 Å². The maximum atomic E-state index is 13.0. The van der Waals surface area contributed by atoms with Crippen LogP contribution in [0.4, 0.5) is 10.1 Å². The predicted molar refractivity (Wildman–Crippen MR) is 70.8 cm³/mol. The topological polar surface area (TPSA) is 60.9 Å². The van der Waals surface area contributed by atoms with Crippen molar-refractivity contribution in [2.24, 2.45) is 0 Å². The molecule has 0 fully saturated rings. The molecule has 4 nitrogen and oxygen atoms in total. The van der Waals surface area contributed by atoms with E-state index in [-0.39, 0.29) is 12.1 Å². The summed E-state index contributed by atoms with van der Waals surface area (Å²) in [5.41, 5.74) is 7.40. The lowest BCUT2D eigenvalue weighted by Crippen LogP contribution is -2.22. The van der Waals surface area contributed by atoms with E-state index >= 15 is 0 Å². The zero-order valence-electron chi connectivity index (χ0n) is 9.65. The largest absolute Gasteiger partial charge is 0.397 e. The molecule has 2 heterocycles. The Balaban J connectivity index is 2.44. The van der Waals surface area contributed by atoms with Gasteiger partial charge >= 0.3 is 0 Å². The molecule has 0 aliphatic rings. The number of nitrogens with zero attached hydrogens (tertiary/aromatic N) is 2. The van der Waals surface area contributed by atoms with E-state index in [2.05, 4.69) is 20.9 Å². The Morgan fingerprint density at radius 1 is 1.50 bits per heavy atom. The molecule has 0 aromatic carbocycles. The second kappa shape index (κ2) is 4.89. The van der Waals surface area contributed by atoms with E-state index in [0.717, 1.165) is 6.20 Å². The number of pyridine rings is 2. The zero-order chi connectivity index (χ0) is 13.3. The average Bonchev–Trinajstić information content (AvgIpc) is 2.33. The molecule has 0 aliphatic carbocycles. The molecule has 2 rings (SSSR count). The highest BCUT2D eigenvalue weighted by molar-refractivity contribution is 9.10. The lowest BCUT2D eigenvalue weighted by Gasteiger charge is -2.10. The van der Waals surface area contributed by atoms with Crippen molar-refractivity contribution in [2.75, 3.05) is 5.73 Å². The Labute approximate surface area is 111 Å². The van der Waals surface area contributed by atoms with Gasteiger partial charge in [-0.05, 0) is 40.0 Å². The van der Waals surface area contributed by atoms with Gasteiger partial charge in [-0.15, -0.1) is 0 Å². The average molecular weight is 312 g/mol. The van der Waals surface area contributed by atoms with E-state index < -0.39 is 5.82 Å². The smallest absolute Gasteiger partial charge is 0.265 e. The molecule has 6 heteroatoms. The van der Waals surface area contributed by atoms with Crippen LogP contribution in [0.3, 0.4) is 0 Å². The summed E-state index contributed by atoms with van der Waals surface area (Å²) in [6.45, 7) is 1.99. The first-order chi connectivity index (χ1) is 8.49. The third kappa shape index (κ3) is 2.43. The molecule has 18 heavy (non-hydrogen) atoms. The van der Waals surface area contributed by atoms with E-state index in [0.29, 0.717) is 21.3 Å². The first kappa shape index (κ1) is 12.8. The summed E-state index contributed by atoms with van der Waals surface area (Å²) >= 11 is 3.21. The summed E-state index contributed by atoms with van der Waals surface area (Å²) < 4.78 is 14.9. The molecule has 0 radical (unpaired) electrons. The zero-order valence-corrected chi connectivity index (χ0v) is 11.2. The molecule has 0 saturated heterocycles. The summed E-state index contributed by atoms with van der Waals surface area (Å²) in [6.07, 6.45) is 4.18. The van der Waals surface area contributed by atoms with Crippen LogP contribution in [0, 0.1) is 12.7 Å². The SMILES string of the molecule is Cc1c(N)cn(Cc2cncc(F)c2)c(=O)c1Br. The van der Waals surface area contributed by atoms with E-state index in [1.807, 2.05) is 0 Å². The number of hydrogen-bond acceptors (Lipinski definition) is 3. The van der Waals surface area contributed by atoms with Crippen LogP contribution in [0.1, 0.15) is 11.1 Å². The Morgan fingerprint density at radius 3 is 2.89 bits per heavy atom. The summed E-state index contributed by atoms with van der Waals surface area (Å²) in [6, 6.07) is 1.34. The monoisotopic (exact) mass is 311 g/mol. The standard InChI is InChI=1S/C12H11BrFN3O/c1-7-10(15)6-17(12(18)11(7)13)5-8-2-9(14)4-16-3-8/h2-4,6H,5,15H2,1H3. The molecule has 0 amide bonds. The molecular weight excluding hydrogens is 301 g/mol. The van der Waals surface area contributed by atoms with Gasteiger partial charge in [-0.3, -0.25) is 9.78 Å². The van der Waals surface area contributed by atoms with Crippen molar-refractivity contribution in [2.45, 2.75) is 13.5 Å². The first-order valence-electron chi connectivity index (χ1n) is 5.23. The Hall–Kier alpha value is -1.69. The number of hydrogen-bond donors (Lipinski definition) is 1. The molecule has 0 saturated carbocycles. The number of nitrogen functional groups attached to an aromatic ring is 1. The van der Waals surface area contributed by atoms with Crippen LogP contribution in [-0.2, 0) is 6.54 Å². The van der Waals surface area contributed by atoms with Crippen molar-refractivity contribution in [1.82, 2.24) is 9.55 Å². The molecule has 0 spiro atoms. The van der Waals surface area contributed by atoms with Crippen LogP contribution in [-0.4, -0.2) is 9.55 Å². The predicted octanol–water partition coefficient (Wildman–Crippen LogP) is 2.08. The highest BCUT2D eigenvalue weighted by Crippen LogP contribution is 2.17. The van der Waals surface area contributed by atoms with Crippen molar-refractivity contribution in [3.8, 4) is 0 Å². The number of halogens is 2. The molecule has 2 aromatic heterocycles. The molecule has 94 valence electrons. The highest BCUT2D eigenvalue weighted by Gasteiger charge is 2.09. The normalized spacial score (nSPS) is 10.6. The van der Waals surface area contributed by atoms with Gasteiger partial charge < -0.3 is 10.3 Å². The lowest BCUT2D eigenvalue weighted by molar-refractivity contribution is 0.615. The molecule has 2 aromatic rings. The Morgan fingerprint density at radius 2 is 2.22 bits per heavy atom. The van der Waals surface area contributed by atoms with E-state index in [1.54, 1.807) is 13.1 Å². The maximum absolute atomic E-state index is 13.0. The van der Waals surface area contributed by atoms with E-state index in [9.17, 15) is 9.18 Å². The summed E-state index contributed by atoms with van der Waals surface area (Å²) in [7, 11) is 0. The van der Waals surface area contributed by atoms with Crippen molar-refractivity contribution in [3.05, 3.63) is 56.4 Å². The fourth-order valence-electron chi connectivity index (χ4n) is 1.59. The summed E-state index contributed by atoms with van der Waals surface area (Å²) in [4.78, 5) is 15.7. The van der Waals surface area contributed by atoms with Crippen LogP contribution in [0.2, 0.25) is 0 Å². The van der Waals surface area contributed by atoms with Gasteiger partial charge in [0.1, 0.15) is 5.82 Å². The molecule has 0 bridgehead atoms. The third-order valence-corrected chi connectivity index (χ3v) is 3.55. The summed E-state index contributed by atoms with van der Waals surface area (Å²) in [5.74, 6) is -0.431. The van der Waals surface area contributed by atoms with Crippen LogP contribution in [0.15, 0.2) is 33.9 Å². The molecule has 0 aliphatic heterocycles. The van der Waals surface area contributed by atoms with Gasteiger partial charge in [0.05, 0.1) is 22.9 Å². The van der Waals surface area contributed by atoms with Crippen molar-refractivity contribution in [1.29, 1.82) is 0 Å². The minimum absolute atomic E-state index is 0.203. The van der Waals surface area contributed by atoms with Gasteiger partial charge in [0, 0.05) is 12.4 Å². The number of aromatic nitrogens is 2. The van der Waals surface area contributed by atoms with Crippen molar-refractivity contribution < 1.29 is 4.39 Å². The van der Waals surface area contributed by atoms with E-state index in [1.165, 1.54) is 16.8 Å². The fraction of sp³-hybridized carbons (Fsp3) is 0.167. The number of anilines is 1. The molecule has 0 unspecified atom stereocenters. The first-order valence-corrected chi connectivity index (χ1v) is 6.03. The molecular formula is C12H11BrFN3O. The van der Waals surface area contributed by atoms with Crippen molar-refractivity contribution in [3.63, 3.8) is 0 Å². The Kier molecular flexibility index (Phi) is 3.47. The van der Waals surface area contributed by atoms with Crippen LogP contribution in [0.5, 0.6) is 0 Å². The minimum atomic E-state index is -0.431. The quantitative estimate of drug-likeness (QED) is 0.923. The van der Waals surface area contributed by atoms with Gasteiger partial charge in [0.2, 0.25) is 0 Å². The highest BCUT2D eigenvalue weighted by atomic mass is 79.9. The van der Waals surface area contributed by atoms with Crippen LogP contribution < -0.4 is 11.3 Å². The maximum Gasteiger partial charge on any atom is 0.265 e. The Bertz CT molecular complexity index is 654. The fourth-order valence-corrected chi connectivity index (χ4v) is 2.05. The molecule has 2 N–H and O–H groups in total. The van der Waals surface area contributed by atoms with Crippen molar-refractivity contribution >= 4 is 21.6 Å². The molecule has 0 atom stereocenters. The van der Waals surface area contributed by atoms with Gasteiger partial charge in [0.15, 0.2) is 0 Å². The van der Waals surface area contributed by atoms with Gasteiger partial charge in [-0.1, -0.05) is 0 Å². The van der Waals surface area contributed by atoms with Crippen LogP contribution in [0.25, 0.3) is 0 Å². The number of nitrogens with two attached hydrogens (primary N) is 1. The summed E-state index contributed by atoms with van der Waals surface area (Å²) in [5, 5.41) is 0. The van der Waals surface area contributed by atoms with Gasteiger partial charge in [0.25, 0.3) is 5.56 Å². The van der Waals surface area contributed by atoms with E-state index in [4.69, 9.17) is 5.73 Å². The second-order valence-corrected chi connectivity index (χ2v) is 4.76. The van der Waals surface area contributed by atoms with Gasteiger partial charge in [-0.2, -0.15) is 0 Å². The lowest BCUT2D eigenvalue weighted by atomic mass is 10.2. The third-order valence-electron chi connectivity index (χ3n) is 2.62. The second-order valence-electron chi connectivity index (χ2n) is 3.97. The number of rotatable bonds is 2. The van der Waals surface area contributed by atoms with Gasteiger partial charge in [-0.25, -0.2) is 4.39 Å². The minimum Gasteiger partial charge on any atom is -0.397 e.